The average Bonchev–Trinajstić information content (AvgIpc) is 2.52. The second-order valence-corrected chi connectivity index (χ2v) is 7.63. The number of benzene rings is 2. The molecule has 1 amide bonds. The first-order valence-electron chi connectivity index (χ1n) is 7.92. The van der Waals surface area contributed by atoms with Crippen molar-refractivity contribution in [1.29, 1.82) is 0 Å². The van der Waals surface area contributed by atoms with Crippen LogP contribution in [-0.4, -0.2) is 11.7 Å². The van der Waals surface area contributed by atoms with Crippen molar-refractivity contribution in [2.24, 2.45) is 5.73 Å². The van der Waals surface area contributed by atoms with E-state index in [0.717, 1.165) is 11.1 Å². The highest BCUT2D eigenvalue weighted by atomic mass is 35.5. The quantitative estimate of drug-likeness (QED) is 0.759. The SMILES string of the molecule is CC(C)(C)OC(=O)N[C@@H](c1ccc(Cl)cc1)[C@H](N)c1ccc(Cl)cc1. The predicted octanol–water partition coefficient (Wildman–Crippen LogP) is 5.26. The molecule has 6 heteroatoms. The van der Waals surface area contributed by atoms with E-state index in [1.165, 1.54) is 0 Å². The highest BCUT2D eigenvalue weighted by Crippen LogP contribution is 2.29. The number of nitrogens with one attached hydrogen (secondary N) is 1. The Morgan fingerprint density at radius 3 is 1.84 bits per heavy atom. The molecule has 0 saturated heterocycles. The molecular weight excluding hydrogens is 359 g/mol. The maximum absolute atomic E-state index is 12.3. The first kappa shape index (κ1) is 19.6. The summed E-state index contributed by atoms with van der Waals surface area (Å²) < 4.78 is 5.37. The van der Waals surface area contributed by atoms with Gasteiger partial charge in [-0.15, -0.1) is 0 Å². The number of rotatable bonds is 4. The maximum atomic E-state index is 12.3. The molecule has 25 heavy (non-hydrogen) atoms. The van der Waals surface area contributed by atoms with E-state index in [-0.39, 0.29) is 0 Å². The van der Waals surface area contributed by atoms with Gasteiger partial charge >= 0.3 is 6.09 Å². The Morgan fingerprint density at radius 2 is 1.40 bits per heavy atom. The van der Waals surface area contributed by atoms with Crippen molar-refractivity contribution >= 4 is 29.3 Å². The van der Waals surface area contributed by atoms with Crippen LogP contribution >= 0.6 is 23.2 Å². The first-order chi connectivity index (χ1) is 11.7. The van der Waals surface area contributed by atoms with Gasteiger partial charge in [-0.3, -0.25) is 0 Å². The van der Waals surface area contributed by atoms with E-state index in [0.29, 0.717) is 10.0 Å². The Labute approximate surface area is 158 Å². The fourth-order valence-corrected chi connectivity index (χ4v) is 2.61. The molecule has 0 radical (unpaired) electrons. The smallest absolute Gasteiger partial charge is 0.408 e. The van der Waals surface area contributed by atoms with Crippen LogP contribution in [0.4, 0.5) is 4.79 Å². The standard InChI is InChI=1S/C19H22Cl2N2O2/c1-19(2,3)25-18(24)23-17(13-6-10-15(21)11-7-13)16(22)12-4-8-14(20)9-5-12/h4-11,16-17H,22H2,1-3H3,(H,23,24)/t16-,17+/m1/s1. The molecule has 0 spiro atoms. The molecule has 2 atom stereocenters. The van der Waals surface area contributed by atoms with E-state index in [1.54, 1.807) is 24.3 Å². The number of alkyl carbamates (subject to hydrolysis) is 1. The number of halogens is 2. The van der Waals surface area contributed by atoms with E-state index < -0.39 is 23.8 Å². The Balaban J connectivity index is 2.29. The summed E-state index contributed by atoms with van der Waals surface area (Å²) in [5.41, 5.74) is 7.51. The summed E-state index contributed by atoms with van der Waals surface area (Å²) in [5, 5.41) is 4.10. The third kappa shape index (κ3) is 5.92. The molecule has 4 nitrogen and oxygen atoms in total. The van der Waals surface area contributed by atoms with Gasteiger partial charge in [-0.25, -0.2) is 4.79 Å². The minimum atomic E-state index is -0.598. The lowest BCUT2D eigenvalue weighted by Gasteiger charge is -2.28. The van der Waals surface area contributed by atoms with Crippen molar-refractivity contribution in [1.82, 2.24) is 5.32 Å². The number of carbonyl (C=O) groups excluding carboxylic acids is 1. The second-order valence-electron chi connectivity index (χ2n) is 6.75. The van der Waals surface area contributed by atoms with Crippen molar-refractivity contribution < 1.29 is 9.53 Å². The lowest BCUT2D eigenvalue weighted by Crippen LogP contribution is -2.39. The number of ether oxygens (including phenoxy) is 1. The van der Waals surface area contributed by atoms with Crippen LogP contribution in [0.5, 0.6) is 0 Å². The van der Waals surface area contributed by atoms with Crippen molar-refractivity contribution in [2.75, 3.05) is 0 Å². The third-order valence-corrected chi connectivity index (χ3v) is 4.02. The minimum absolute atomic E-state index is 0.478. The summed E-state index contributed by atoms with van der Waals surface area (Å²) in [5.74, 6) is 0. The molecule has 0 aromatic heterocycles. The fourth-order valence-electron chi connectivity index (χ4n) is 2.36. The Kier molecular flexibility index (Phi) is 6.33. The van der Waals surface area contributed by atoms with Gasteiger partial charge in [-0.2, -0.15) is 0 Å². The van der Waals surface area contributed by atoms with Crippen molar-refractivity contribution in [3.63, 3.8) is 0 Å². The van der Waals surface area contributed by atoms with Crippen molar-refractivity contribution in [3.8, 4) is 0 Å². The van der Waals surface area contributed by atoms with Gasteiger partial charge in [0.15, 0.2) is 0 Å². The van der Waals surface area contributed by atoms with Crippen LogP contribution in [0.2, 0.25) is 10.0 Å². The van der Waals surface area contributed by atoms with Gasteiger partial charge in [0.1, 0.15) is 5.60 Å². The van der Waals surface area contributed by atoms with Crippen LogP contribution in [-0.2, 0) is 4.74 Å². The van der Waals surface area contributed by atoms with Crippen LogP contribution in [0, 0.1) is 0 Å². The molecule has 3 N–H and O–H groups in total. The second kappa shape index (κ2) is 8.09. The number of hydrogen-bond donors (Lipinski definition) is 2. The summed E-state index contributed by atoms with van der Waals surface area (Å²) in [6.45, 7) is 5.43. The molecule has 0 aliphatic heterocycles. The Hall–Kier alpha value is -1.75. The summed E-state index contributed by atoms with van der Waals surface area (Å²) in [7, 11) is 0. The van der Waals surface area contributed by atoms with Crippen LogP contribution in [0.3, 0.4) is 0 Å². The molecule has 2 rings (SSSR count). The maximum Gasteiger partial charge on any atom is 0.408 e. The van der Waals surface area contributed by atoms with Crippen molar-refractivity contribution in [3.05, 3.63) is 69.7 Å². The van der Waals surface area contributed by atoms with Crippen LogP contribution < -0.4 is 11.1 Å². The summed E-state index contributed by atoms with van der Waals surface area (Å²) in [6.07, 6.45) is -0.531. The normalized spacial score (nSPS) is 13.8. The van der Waals surface area contributed by atoms with Gasteiger partial charge in [0, 0.05) is 10.0 Å². The van der Waals surface area contributed by atoms with Crippen LogP contribution in [0.25, 0.3) is 0 Å². The summed E-state index contributed by atoms with van der Waals surface area (Å²) >= 11 is 11.9. The number of carbonyl (C=O) groups is 1. The van der Waals surface area contributed by atoms with E-state index in [4.69, 9.17) is 33.7 Å². The van der Waals surface area contributed by atoms with Gasteiger partial charge < -0.3 is 15.8 Å². The third-order valence-electron chi connectivity index (χ3n) is 3.52. The topological polar surface area (TPSA) is 64.3 Å². The lowest BCUT2D eigenvalue weighted by atomic mass is 9.94. The predicted molar refractivity (Wildman–Crippen MR) is 102 cm³/mol. The average molecular weight is 381 g/mol. The van der Waals surface area contributed by atoms with Crippen LogP contribution in [0.15, 0.2) is 48.5 Å². The number of nitrogens with two attached hydrogens (primary N) is 1. The summed E-state index contributed by atoms with van der Waals surface area (Å²) in [4.78, 5) is 12.3. The molecule has 2 aromatic carbocycles. The van der Waals surface area contributed by atoms with Crippen LogP contribution in [0.1, 0.15) is 44.0 Å². The lowest BCUT2D eigenvalue weighted by molar-refractivity contribution is 0.0495. The first-order valence-corrected chi connectivity index (χ1v) is 8.67. The van der Waals surface area contributed by atoms with Gasteiger partial charge in [-0.1, -0.05) is 47.5 Å². The molecule has 0 unspecified atom stereocenters. The molecule has 0 heterocycles. The van der Waals surface area contributed by atoms with E-state index >= 15 is 0 Å². The van der Waals surface area contributed by atoms with E-state index in [1.807, 2.05) is 45.0 Å². The van der Waals surface area contributed by atoms with Crippen molar-refractivity contribution in [2.45, 2.75) is 38.5 Å². The molecule has 0 fully saturated rings. The number of amides is 1. The zero-order valence-electron chi connectivity index (χ0n) is 14.4. The molecular formula is C19H22Cl2N2O2. The van der Waals surface area contributed by atoms with Gasteiger partial charge in [-0.05, 0) is 56.2 Å². The highest BCUT2D eigenvalue weighted by molar-refractivity contribution is 6.30. The minimum Gasteiger partial charge on any atom is -0.444 e. The molecule has 2 aromatic rings. The molecule has 0 aliphatic carbocycles. The monoisotopic (exact) mass is 380 g/mol. The molecule has 0 bridgehead atoms. The largest absolute Gasteiger partial charge is 0.444 e. The molecule has 0 aliphatic rings. The molecule has 134 valence electrons. The summed E-state index contributed by atoms with van der Waals surface area (Å²) in [6, 6.07) is 13.4. The van der Waals surface area contributed by atoms with Gasteiger partial charge in [0.05, 0.1) is 12.1 Å². The zero-order valence-corrected chi connectivity index (χ0v) is 15.9. The Morgan fingerprint density at radius 1 is 0.960 bits per heavy atom. The highest BCUT2D eigenvalue weighted by Gasteiger charge is 2.26. The van der Waals surface area contributed by atoms with Gasteiger partial charge in [0.2, 0.25) is 0 Å². The molecule has 0 saturated carbocycles. The van der Waals surface area contributed by atoms with Gasteiger partial charge in [0.25, 0.3) is 0 Å². The number of hydrogen-bond acceptors (Lipinski definition) is 3. The Bertz CT molecular complexity index is 710. The van der Waals surface area contributed by atoms with E-state index in [9.17, 15) is 4.79 Å². The van der Waals surface area contributed by atoms with E-state index in [2.05, 4.69) is 5.32 Å². The zero-order chi connectivity index (χ0) is 18.6. The fraction of sp³-hybridized carbons (Fsp3) is 0.316.